The van der Waals surface area contributed by atoms with Gasteiger partial charge in [0, 0.05) is 30.2 Å². The zero-order valence-corrected chi connectivity index (χ0v) is 29.5. The van der Waals surface area contributed by atoms with Gasteiger partial charge < -0.3 is 14.7 Å². The maximum Gasteiger partial charge on any atom is 0.272 e. The molecule has 1 saturated heterocycles. The molecule has 264 valence electrons. The molecule has 0 unspecified atom stereocenters. The van der Waals surface area contributed by atoms with Crippen LogP contribution in [0.25, 0.3) is 0 Å². The second-order valence-electron chi connectivity index (χ2n) is 14.7. The number of fused-ring (bicyclic) bond motifs is 3. The van der Waals surface area contributed by atoms with Gasteiger partial charge in [0.2, 0.25) is 10.0 Å². The Balaban J connectivity index is 1.34. The predicted molar refractivity (Wildman–Crippen MR) is 183 cm³/mol. The fourth-order valence-corrected chi connectivity index (χ4v) is 9.53. The zero-order valence-electron chi connectivity index (χ0n) is 27.9. The molecule has 0 spiro atoms. The van der Waals surface area contributed by atoms with Crippen molar-refractivity contribution in [2.24, 2.45) is 17.8 Å². The minimum absolute atomic E-state index is 0.0240. The number of nitrogens with one attached hydrogen (secondary N) is 1. The van der Waals surface area contributed by atoms with Crippen LogP contribution in [0.5, 0.6) is 5.75 Å². The van der Waals surface area contributed by atoms with Gasteiger partial charge in [-0.15, -0.1) is 0 Å². The molecule has 8 nitrogen and oxygen atoms in total. The van der Waals surface area contributed by atoms with Crippen LogP contribution >= 0.6 is 11.6 Å². The topological polar surface area (TPSA) is 99.2 Å². The highest BCUT2D eigenvalue weighted by Crippen LogP contribution is 2.48. The maximum atomic E-state index is 13.6. The van der Waals surface area contributed by atoms with E-state index in [0.717, 1.165) is 43.2 Å². The Morgan fingerprint density at radius 1 is 1.04 bits per heavy atom. The first-order chi connectivity index (χ1) is 22.7. The summed E-state index contributed by atoms with van der Waals surface area (Å²) in [6.45, 7) is 4.91. The first-order valence-corrected chi connectivity index (χ1v) is 19.3. The maximum absolute atomic E-state index is 13.6. The lowest BCUT2D eigenvalue weighted by atomic mass is 9.62. The number of sulfonamides is 1. The molecule has 2 aromatic carbocycles. The number of anilines is 1. The quantitative estimate of drug-likeness (QED) is 0.380. The molecule has 48 heavy (non-hydrogen) atoms. The van der Waals surface area contributed by atoms with Crippen LogP contribution in [-0.2, 0) is 23.1 Å². The van der Waals surface area contributed by atoms with Crippen molar-refractivity contribution >= 4 is 33.2 Å². The average Bonchev–Trinajstić information content (AvgIpc) is 3.03. The summed E-state index contributed by atoms with van der Waals surface area (Å²) >= 11 is 6.33. The second-order valence-corrected chi connectivity index (χ2v) is 17.2. The van der Waals surface area contributed by atoms with Gasteiger partial charge in [0.25, 0.3) is 11.8 Å². The molecule has 2 N–H and O–H groups in total. The van der Waals surface area contributed by atoms with Crippen molar-refractivity contribution in [1.82, 2.24) is 9.62 Å². The number of carbonyl (C=O) groups is 1. The van der Waals surface area contributed by atoms with E-state index in [4.69, 9.17) is 16.3 Å². The van der Waals surface area contributed by atoms with Gasteiger partial charge >= 0.3 is 0 Å². The summed E-state index contributed by atoms with van der Waals surface area (Å²) in [6, 6.07) is 10.9. The Morgan fingerprint density at radius 2 is 1.83 bits per heavy atom. The number of ether oxygens (including phenoxy) is 1. The number of likely N-dealkylation sites (tertiary alicyclic amines) is 1. The number of rotatable bonds is 3. The number of hydrogen-bond donors (Lipinski definition) is 2. The van der Waals surface area contributed by atoms with Crippen LogP contribution in [-0.4, -0.2) is 73.8 Å². The molecule has 2 bridgehead atoms. The van der Waals surface area contributed by atoms with Crippen molar-refractivity contribution in [3.63, 3.8) is 0 Å². The number of nitrogens with zero attached hydrogens (tertiary/aromatic N) is 2. The number of amides is 1. The van der Waals surface area contributed by atoms with Crippen molar-refractivity contribution in [3.8, 4) is 5.75 Å². The van der Waals surface area contributed by atoms with E-state index in [1.807, 2.05) is 25.1 Å². The molecule has 1 aliphatic carbocycles. The number of benzene rings is 2. The number of alkyl halides is 2. The minimum Gasteiger partial charge on any atom is -0.487 e. The van der Waals surface area contributed by atoms with E-state index in [-0.39, 0.29) is 36.4 Å². The first-order valence-electron chi connectivity index (χ1n) is 17.4. The summed E-state index contributed by atoms with van der Waals surface area (Å²) in [7, 11) is -4.00. The van der Waals surface area contributed by atoms with Crippen molar-refractivity contribution in [2.75, 3.05) is 37.6 Å². The third-order valence-corrected chi connectivity index (χ3v) is 13.5. The lowest BCUT2D eigenvalue weighted by molar-refractivity contribution is -0.146. The van der Waals surface area contributed by atoms with Crippen LogP contribution in [0, 0.1) is 17.8 Å². The number of halogens is 3. The summed E-state index contributed by atoms with van der Waals surface area (Å²) in [5, 5.41) is 12.2. The van der Waals surface area contributed by atoms with Crippen molar-refractivity contribution in [2.45, 2.75) is 95.0 Å². The van der Waals surface area contributed by atoms with Crippen LogP contribution < -0.4 is 14.4 Å². The molecule has 1 amide bonds. The van der Waals surface area contributed by atoms with Crippen LogP contribution in [0.1, 0.15) is 86.7 Å². The Bertz CT molecular complexity index is 1600. The van der Waals surface area contributed by atoms with E-state index in [1.54, 1.807) is 30.0 Å². The molecule has 0 aromatic heterocycles. The monoisotopic (exact) mass is 707 g/mol. The molecule has 3 heterocycles. The van der Waals surface area contributed by atoms with Gasteiger partial charge in [0.05, 0.1) is 29.6 Å². The van der Waals surface area contributed by atoms with Gasteiger partial charge in [0.15, 0.2) is 0 Å². The summed E-state index contributed by atoms with van der Waals surface area (Å²) in [4.78, 5) is 17.4. The molecule has 12 heteroatoms. The highest BCUT2D eigenvalue weighted by atomic mass is 35.5. The van der Waals surface area contributed by atoms with E-state index in [1.165, 1.54) is 0 Å². The summed E-state index contributed by atoms with van der Waals surface area (Å²) < 4.78 is 62.8. The van der Waals surface area contributed by atoms with Gasteiger partial charge in [-0.25, -0.2) is 21.9 Å². The van der Waals surface area contributed by atoms with E-state index in [2.05, 4.69) is 9.62 Å². The van der Waals surface area contributed by atoms with Crippen LogP contribution in [0.3, 0.4) is 0 Å². The molecule has 1 saturated carbocycles. The van der Waals surface area contributed by atoms with Gasteiger partial charge in [-0.05, 0) is 118 Å². The molecule has 6 rings (SSSR count). The summed E-state index contributed by atoms with van der Waals surface area (Å²) in [5.74, 6) is -2.89. The van der Waals surface area contributed by atoms with E-state index < -0.39 is 32.7 Å². The fraction of sp³-hybridized carbons (Fsp3) is 0.639. The Kier molecular flexibility index (Phi) is 10.3. The fourth-order valence-electron chi connectivity index (χ4n) is 8.02. The average molecular weight is 708 g/mol. The largest absolute Gasteiger partial charge is 0.487 e. The molecule has 0 radical (unpaired) electrons. The smallest absolute Gasteiger partial charge is 0.272 e. The Morgan fingerprint density at radius 3 is 2.56 bits per heavy atom. The molecular weight excluding hydrogens is 660 g/mol. The van der Waals surface area contributed by atoms with Gasteiger partial charge in [0.1, 0.15) is 12.4 Å². The van der Waals surface area contributed by atoms with Gasteiger partial charge in [-0.3, -0.25) is 9.69 Å². The molecular formula is C36H48ClF2N3O5S. The minimum atomic E-state index is -4.00. The number of carbonyl (C=O) groups excluding carboxylic acids is 1. The predicted octanol–water partition coefficient (Wildman–Crippen LogP) is 6.43. The third-order valence-electron chi connectivity index (χ3n) is 11.4. The first kappa shape index (κ1) is 35.4. The second kappa shape index (κ2) is 14.0. The van der Waals surface area contributed by atoms with E-state index in [0.29, 0.717) is 68.4 Å². The van der Waals surface area contributed by atoms with Crippen molar-refractivity contribution in [3.05, 3.63) is 58.1 Å². The molecule has 2 aromatic rings. The van der Waals surface area contributed by atoms with E-state index >= 15 is 0 Å². The third kappa shape index (κ3) is 7.79. The van der Waals surface area contributed by atoms with Crippen molar-refractivity contribution in [1.29, 1.82) is 0 Å². The Hall–Kier alpha value is -2.47. The summed E-state index contributed by atoms with van der Waals surface area (Å²) in [6.07, 6.45) is 6.38. The van der Waals surface area contributed by atoms with E-state index in [9.17, 15) is 27.1 Å². The van der Waals surface area contributed by atoms with Gasteiger partial charge in [-0.1, -0.05) is 31.0 Å². The number of aryl methyl sites for hydroxylation is 1. The Labute approximate surface area is 288 Å². The lowest BCUT2D eigenvalue weighted by Crippen LogP contribution is -2.58. The van der Waals surface area contributed by atoms with Crippen LogP contribution in [0.2, 0.25) is 5.02 Å². The normalized spacial score (nSPS) is 31.0. The SMILES string of the molecule is C[C@@H]1[C@@H](C)CCC[C@@](O)(CCN2CC(F)(F)C2)[C@@H]2CC[C@H]2CN2CCCCc3cc(Cl)ccc3COc3ccc(cc32)C(=O)NS1(=O)=O. The number of aliphatic hydroxyl groups is 1. The molecule has 5 atom stereocenters. The molecule has 3 aliphatic heterocycles. The molecule has 2 fully saturated rings. The van der Waals surface area contributed by atoms with Crippen molar-refractivity contribution < 1.29 is 31.8 Å². The zero-order chi connectivity index (χ0) is 34.3. The standard InChI is InChI=1S/C36H48ClF2N3O5S/c1-24-6-5-14-35(44,15-17-41-22-36(38,39)23-41)31-12-9-28(31)20-42-16-4-3-7-26-18-30(37)11-8-29(26)21-47-33-13-10-27(19-32(33)42)34(43)40-48(45,46)25(24)2/h8,10-11,13,18-19,24-25,28,31,44H,3-7,9,12,14-17,20-23H2,1-2H3,(H,40,43)/t24-,25+,28-,31+,35+/m0/s1. The lowest BCUT2D eigenvalue weighted by Gasteiger charge is -2.50. The van der Waals surface area contributed by atoms with Crippen LogP contribution in [0.15, 0.2) is 36.4 Å². The van der Waals surface area contributed by atoms with Crippen LogP contribution in [0.4, 0.5) is 14.5 Å². The summed E-state index contributed by atoms with van der Waals surface area (Å²) in [5.41, 5.74) is 2.05. The molecule has 4 aliphatic rings. The highest BCUT2D eigenvalue weighted by Gasteiger charge is 2.49. The number of hydrogen-bond acceptors (Lipinski definition) is 7. The van der Waals surface area contributed by atoms with Gasteiger partial charge in [-0.2, -0.15) is 0 Å². The highest BCUT2D eigenvalue weighted by molar-refractivity contribution is 7.90.